The number of benzene rings is 1. The smallest absolute Gasteiger partial charge is 0.306 e. The highest BCUT2D eigenvalue weighted by atomic mass is 79.9. The molecule has 0 aliphatic carbocycles. The van der Waals surface area contributed by atoms with Crippen LogP contribution in [0.15, 0.2) is 10.5 Å². The summed E-state index contributed by atoms with van der Waals surface area (Å²) in [6.07, 6.45) is 0.433. The van der Waals surface area contributed by atoms with Crippen molar-refractivity contribution in [3.8, 4) is 5.75 Å². The number of carbonyl (C=O) groups is 1. The second kappa shape index (κ2) is 4.87. The van der Waals surface area contributed by atoms with Gasteiger partial charge in [-0.3, -0.25) is 4.79 Å². The third kappa shape index (κ3) is 2.55. The van der Waals surface area contributed by atoms with Crippen molar-refractivity contribution in [1.82, 2.24) is 0 Å². The fourth-order valence-electron chi connectivity index (χ4n) is 1.57. The van der Waals surface area contributed by atoms with Crippen LogP contribution in [0.4, 0.5) is 0 Å². The number of hydrogen-bond acceptors (Lipinski definition) is 2. The van der Waals surface area contributed by atoms with Crippen molar-refractivity contribution < 1.29 is 15.0 Å². The van der Waals surface area contributed by atoms with E-state index in [-0.39, 0.29) is 5.75 Å². The zero-order valence-electron chi connectivity index (χ0n) is 9.54. The molecule has 0 aliphatic heterocycles. The highest BCUT2D eigenvalue weighted by Crippen LogP contribution is 2.34. The molecular formula is C12H15BrO3. The minimum Gasteiger partial charge on any atom is -0.506 e. The van der Waals surface area contributed by atoms with E-state index in [0.29, 0.717) is 10.9 Å². The molecule has 0 fully saturated rings. The third-order valence-corrected chi connectivity index (χ3v) is 3.73. The Labute approximate surface area is 103 Å². The predicted octanol–water partition coefficient (Wildman–Crippen LogP) is 3.03. The van der Waals surface area contributed by atoms with Gasteiger partial charge in [-0.25, -0.2) is 0 Å². The van der Waals surface area contributed by atoms with Crippen LogP contribution in [0.2, 0.25) is 0 Å². The highest BCUT2D eigenvalue weighted by Gasteiger charge is 2.16. The molecule has 2 N–H and O–H groups in total. The van der Waals surface area contributed by atoms with E-state index in [1.54, 1.807) is 13.8 Å². The van der Waals surface area contributed by atoms with Gasteiger partial charge in [-0.15, -0.1) is 0 Å². The first-order chi connectivity index (χ1) is 7.34. The van der Waals surface area contributed by atoms with Gasteiger partial charge in [0.1, 0.15) is 5.75 Å². The molecule has 0 bridgehead atoms. The fraction of sp³-hybridized carbons (Fsp3) is 0.417. The Balaban J connectivity index is 3.11. The van der Waals surface area contributed by atoms with Gasteiger partial charge < -0.3 is 10.2 Å². The lowest BCUT2D eigenvalue weighted by molar-refractivity contribution is -0.141. The van der Waals surface area contributed by atoms with Crippen LogP contribution in [0.25, 0.3) is 0 Å². The number of hydrogen-bond donors (Lipinski definition) is 2. The average molecular weight is 287 g/mol. The molecule has 0 amide bonds. The van der Waals surface area contributed by atoms with E-state index in [0.717, 1.165) is 16.7 Å². The van der Waals surface area contributed by atoms with Crippen molar-refractivity contribution in [2.24, 2.45) is 5.92 Å². The lowest BCUT2D eigenvalue weighted by Crippen LogP contribution is -2.13. The molecule has 16 heavy (non-hydrogen) atoms. The minimum absolute atomic E-state index is 0.201. The van der Waals surface area contributed by atoms with E-state index in [1.165, 1.54) is 0 Å². The lowest BCUT2D eigenvalue weighted by atomic mass is 9.95. The molecule has 0 radical (unpaired) electrons. The normalized spacial score (nSPS) is 12.5. The molecule has 1 rings (SSSR count). The first-order valence-corrected chi connectivity index (χ1v) is 5.84. The van der Waals surface area contributed by atoms with Crippen molar-refractivity contribution in [2.45, 2.75) is 27.2 Å². The Bertz CT molecular complexity index is 427. The number of phenols is 1. The molecule has 0 aliphatic rings. The summed E-state index contributed by atoms with van der Waals surface area (Å²) in [4.78, 5) is 10.8. The van der Waals surface area contributed by atoms with Crippen LogP contribution in [-0.2, 0) is 11.2 Å². The summed E-state index contributed by atoms with van der Waals surface area (Å²) in [5.41, 5.74) is 2.54. The summed E-state index contributed by atoms with van der Waals surface area (Å²) < 4.78 is 0.678. The Hall–Kier alpha value is -1.03. The summed E-state index contributed by atoms with van der Waals surface area (Å²) in [5.74, 6) is -1.06. The van der Waals surface area contributed by atoms with Crippen LogP contribution in [0.3, 0.4) is 0 Å². The van der Waals surface area contributed by atoms with Crippen molar-refractivity contribution in [3.05, 3.63) is 27.2 Å². The number of halogens is 1. The van der Waals surface area contributed by atoms with Gasteiger partial charge >= 0.3 is 5.97 Å². The van der Waals surface area contributed by atoms with Gasteiger partial charge in [-0.05, 0) is 52.9 Å². The van der Waals surface area contributed by atoms with Gasteiger partial charge in [0.05, 0.1) is 10.4 Å². The summed E-state index contributed by atoms with van der Waals surface area (Å²) in [7, 11) is 0. The van der Waals surface area contributed by atoms with Crippen LogP contribution >= 0.6 is 15.9 Å². The van der Waals surface area contributed by atoms with Crippen molar-refractivity contribution >= 4 is 21.9 Å². The number of aryl methyl sites for hydroxylation is 1. The van der Waals surface area contributed by atoms with Crippen LogP contribution in [-0.4, -0.2) is 16.2 Å². The standard InChI is InChI=1S/C12H15BrO3/c1-6-4-9(5-7(2)12(15)16)8(3)11(14)10(6)13/h4,7,14H,5H2,1-3H3,(H,15,16). The van der Waals surface area contributed by atoms with E-state index in [9.17, 15) is 9.90 Å². The molecule has 3 nitrogen and oxygen atoms in total. The number of carboxylic acid groups (broad SMARTS) is 1. The van der Waals surface area contributed by atoms with Gasteiger partial charge in [0.2, 0.25) is 0 Å². The SMILES string of the molecule is Cc1cc(CC(C)C(=O)O)c(C)c(O)c1Br. The van der Waals surface area contributed by atoms with Gasteiger partial charge in [-0.2, -0.15) is 0 Å². The Morgan fingerprint density at radius 1 is 1.50 bits per heavy atom. The zero-order valence-corrected chi connectivity index (χ0v) is 11.1. The first kappa shape index (κ1) is 13.0. The molecule has 1 aromatic carbocycles. The molecule has 0 spiro atoms. The van der Waals surface area contributed by atoms with E-state index in [1.807, 2.05) is 13.0 Å². The number of phenolic OH excluding ortho intramolecular Hbond substituents is 1. The predicted molar refractivity (Wildman–Crippen MR) is 65.8 cm³/mol. The summed E-state index contributed by atoms with van der Waals surface area (Å²) in [6, 6.07) is 1.92. The molecule has 0 heterocycles. The number of rotatable bonds is 3. The van der Waals surface area contributed by atoms with E-state index >= 15 is 0 Å². The molecular weight excluding hydrogens is 272 g/mol. The monoisotopic (exact) mass is 286 g/mol. The molecule has 1 aromatic rings. The van der Waals surface area contributed by atoms with Crippen LogP contribution in [0.1, 0.15) is 23.6 Å². The lowest BCUT2D eigenvalue weighted by Gasteiger charge is -2.13. The first-order valence-electron chi connectivity index (χ1n) is 5.05. The van der Waals surface area contributed by atoms with Crippen molar-refractivity contribution in [2.75, 3.05) is 0 Å². The van der Waals surface area contributed by atoms with Crippen molar-refractivity contribution in [1.29, 1.82) is 0 Å². The van der Waals surface area contributed by atoms with Gasteiger partial charge in [0.25, 0.3) is 0 Å². The fourth-order valence-corrected chi connectivity index (χ4v) is 1.98. The minimum atomic E-state index is -0.820. The molecule has 0 saturated carbocycles. The molecule has 0 aromatic heterocycles. The van der Waals surface area contributed by atoms with Crippen LogP contribution in [0.5, 0.6) is 5.75 Å². The number of aliphatic carboxylic acids is 1. The van der Waals surface area contributed by atoms with E-state index in [2.05, 4.69) is 15.9 Å². The quantitative estimate of drug-likeness (QED) is 0.898. The van der Waals surface area contributed by atoms with Crippen LogP contribution < -0.4 is 0 Å². The van der Waals surface area contributed by atoms with Crippen molar-refractivity contribution in [3.63, 3.8) is 0 Å². The molecule has 1 unspecified atom stereocenters. The largest absolute Gasteiger partial charge is 0.506 e. The highest BCUT2D eigenvalue weighted by molar-refractivity contribution is 9.10. The summed E-state index contributed by atoms with van der Waals surface area (Å²) in [6.45, 7) is 5.33. The van der Waals surface area contributed by atoms with Crippen LogP contribution in [0, 0.1) is 19.8 Å². The molecule has 4 heteroatoms. The Morgan fingerprint density at radius 3 is 2.56 bits per heavy atom. The number of aromatic hydroxyl groups is 1. The summed E-state index contributed by atoms with van der Waals surface area (Å²) in [5, 5.41) is 18.7. The molecule has 0 saturated heterocycles. The molecule has 88 valence electrons. The zero-order chi connectivity index (χ0) is 12.5. The Morgan fingerprint density at radius 2 is 2.06 bits per heavy atom. The maximum absolute atomic E-state index is 10.8. The second-order valence-electron chi connectivity index (χ2n) is 4.08. The maximum atomic E-state index is 10.8. The van der Waals surface area contributed by atoms with E-state index < -0.39 is 11.9 Å². The van der Waals surface area contributed by atoms with Gasteiger partial charge in [0.15, 0.2) is 0 Å². The number of carboxylic acids is 1. The third-order valence-electron chi connectivity index (χ3n) is 2.73. The summed E-state index contributed by atoms with van der Waals surface area (Å²) >= 11 is 3.29. The average Bonchev–Trinajstić information content (AvgIpc) is 2.22. The second-order valence-corrected chi connectivity index (χ2v) is 4.88. The van der Waals surface area contributed by atoms with E-state index in [4.69, 9.17) is 5.11 Å². The topological polar surface area (TPSA) is 57.5 Å². The van der Waals surface area contributed by atoms with Gasteiger partial charge in [0, 0.05) is 0 Å². The molecule has 1 atom stereocenters. The maximum Gasteiger partial charge on any atom is 0.306 e. The van der Waals surface area contributed by atoms with Gasteiger partial charge in [-0.1, -0.05) is 13.0 Å². The Kier molecular flexibility index (Phi) is 3.97.